The fourth-order valence-corrected chi connectivity index (χ4v) is 4.11. The summed E-state index contributed by atoms with van der Waals surface area (Å²) in [6.07, 6.45) is 0.897. The Morgan fingerprint density at radius 2 is 1.41 bits per heavy atom. The molecule has 32 heavy (non-hydrogen) atoms. The summed E-state index contributed by atoms with van der Waals surface area (Å²) in [5.41, 5.74) is 8.22. The minimum absolute atomic E-state index is 0.306. The zero-order valence-electron chi connectivity index (χ0n) is 19.2. The summed E-state index contributed by atoms with van der Waals surface area (Å²) in [5.74, 6) is -0.644. The molecule has 0 unspecified atom stereocenters. The predicted molar refractivity (Wildman–Crippen MR) is 131 cm³/mol. The van der Waals surface area contributed by atoms with Crippen molar-refractivity contribution in [2.24, 2.45) is 0 Å². The Morgan fingerprint density at radius 1 is 0.750 bits per heavy atom. The second-order valence-electron chi connectivity index (χ2n) is 8.48. The van der Waals surface area contributed by atoms with Gasteiger partial charge in [0, 0.05) is 5.69 Å². The quantitative estimate of drug-likeness (QED) is 0.521. The summed E-state index contributed by atoms with van der Waals surface area (Å²) in [6, 6.07) is 19.6. The topological polar surface area (TPSA) is 49.4 Å². The van der Waals surface area contributed by atoms with E-state index in [0.29, 0.717) is 17.0 Å². The van der Waals surface area contributed by atoms with E-state index in [1.807, 2.05) is 88.4 Å². The molecule has 0 fully saturated rings. The third-order valence-corrected chi connectivity index (χ3v) is 5.99. The Kier molecular flexibility index (Phi) is 5.70. The number of nitrogens with one attached hydrogen (secondary N) is 1. The van der Waals surface area contributed by atoms with E-state index >= 15 is 0 Å². The van der Waals surface area contributed by atoms with Gasteiger partial charge in [-0.3, -0.25) is 9.59 Å². The van der Waals surface area contributed by atoms with Gasteiger partial charge in [-0.25, -0.2) is 4.90 Å². The molecule has 4 rings (SSSR count). The van der Waals surface area contributed by atoms with Crippen LogP contribution in [0.5, 0.6) is 0 Å². The maximum absolute atomic E-state index is 13.7. The predicted octanol–water partition coefficient (Wildman–Crippen LogP) is 5.88. The summed E-state index contributed by atoms with van der Waals surface area (Å²) in [6.45, 7) is 10.1. The van der Waals surface area contributed by atoms with Crippen molar-refractivity contribution in [3.05, 3.63) is 99.7 Å². The molecule has 0 saturated carbocycles. The largest absolute Gasteiger partial charge is 0.350 e. The number of rotatable bonds is 5. The van der Waals surface area contributed by atoms with E-state index in [9.17, 15) is 9.59 Å². The van der Waals surface area contributed by atoms with Crippen molar-refractivity contribution in [3.63, 3.8) is 0 Å². The number of hydrogen-bond acceptors (Lipinski definition) is 3. The van der Waals surface area contributed by atoms with Crippen molar-refractivity contribution in [1.29, 1.82) is 0 Å². The van der Waals surface area contributed by atoms with E-state index < -0.39 is 0 Å². The molecule has 4 heteroatoms. The summed E-state index contributed by atoms with van der Waals surface area (Å²) < 4.78 is 0. The Bertz CT molecular complexity index is 1250. The lowest BCUT2D eigenvalue weighted by Gasteiger charge is -2.16. The molecule has 0 aliphatic carbocycles. The summed E-state index contributed by atoms with van der Waals surface area (Å²) in [5, 5.41) is 3.31. The number of benzene rings is 3. The smallest absolute Gasteiger partial charge is 0.282 e. The van der Waals surface area contributed by atoms with Gasteiger partial charge >= 0.3 is 0 Å². The molecule has 0 radical (unpaired) electrons. The van der Waals surface area contributed by atoms with Crippen molar-refractivity contribution in [2.75, 3.05) is 10.2 Å². The average molecular weight is 425 g/mol. The Morgan fingerprint density at radius 3 is 2.06 bits per heavy atom. The molecular weight excluding hydrogens is 396 g/mol. The van der Waals surface area contributed by atoms with Crippen LogP contribution in [-0.2, 0) is 16.0 Å². The molecule has 3 aromatic carbocycles. The summed E-state index contributed by atoms with van der Waals surface area (Å²) in [4.78, 5) is 28.6. The first-order valence-electron chi connectivity index (χ1n) is 10.9. The third kappa shape index (κ3) is 3.84. The van der Waals surface area contributed by atoms with Gasteiger partial charge in [0.25, 0.3) is 11.8 Å². The molecule has 1 heterocycles. The fraction of sp³-hybridized carbons (Fsp3) is 0.214. The van der Waals surface area contributed by atoms with Crippen LogP contribution in [0.1, 0.15) is 40.3 Å². The van der Waals surface area contributed by atoms with Crippen LogP contribution >= 0.6 is 0 Å². The number of carbonyl (C=O) groups is 2. The van der Waals surface area contributed by atoms with Gasteiger partial charge in [-0.2, -0.15) is 0 Å². The van der Waals surface area contributed by atoms with Crippen LogP contribution in [0.3, 0.4) is 0 Å². The summed E-state index contributed by atoms with van der Waals surface area (Å²) >= 11 is 0. The number of amides is 2. The zero-order valence-corrected chi connectivity index (χ0v) is 19.2. The number of hydrogen-bond donors (Lipinski definition) is 1. The monoisotopic (exact) mass is 424 g/mol. The van der Waals surface area contributed by atoms with Crippen molar-refractivity contribution in [2.45, 2.75) is 41.0 Å². The molecular formula is C28H28N2O2. The van der Waals surface area contributed by atoms with E-state index in [0.717, 1.165) is 45.5 Å². The first-order valence-corrected chi connectivity index (χ1v) is 10.9. The van der Waals surface area contributed by atoms with E-state index in [1.54, 1.807) is 0 Å². The van der Waals surface area contributed by atoms with Crippen LogP contribution in [0.2, 0.25) is 0 Å². The highest BCUT2D eigenvalue weighted by atomic mass is 16.2. The molecule has 4 nitrogen and oxygen atoms in total. The van der Waals surface area contributed by atoms with Crippen LogP contribution in [-0.4, -0.2) is 11.8 Å². The maximum atomic E-state index is 13.7. The first kappa shape index (κ1) is 21.6. The molecule has 3 aromatic rings. The second-order valence-corrected chi connectivity index (χ2v) is 8.48. The summed E-state index contributed by atoms with van der Waals surface area (Å²) in [7, 11) is 0. The molecule has 2 amide bonds. The van der Waals surface area contributed by atoms with Crippen molar-refractivity contribution < 1.29 is 9.59 Å². The van der Waals surface area contributed by atoms with Crippen LogP contribution in [0.15, 0.2) is 66.4 Å². The minimum Gasteiger partial charge on any atom is -0.350 e. The molecule has 0 aromatic heterocycles. The van der Waals surface area contributed by atoms with E-state index in [-0.39, 0.29) is 11.8 Å². The SMILES string of the molecule is CCc1ccc(N2C(=O)C(Nc3cc(C)ccc3C)=C(c3ccc(C)cc3C)C2=O)cc1. The van der Waals surface area contributed by atoms with Crippen LogP contribution in [0.4, 0.5) is 11.4 Å². The number of imide groups is 1. The highest BCUT2D eigenvalue weighted by Crippen LogP contribution is 2.36. The Hall–Kier alpha value is -3.66. The third-order valence-electron chi connectivity index (χ3n) is 5.99. The van der Waals surface area contributed by atoms with Gasteiger partial charge in [0.15, 0.2) is 0 Å². The standard InChI is InChI=1S/C28H28N2O2/c1-6-21-10-12-22(13-11-21)30-27(31)25(23-14-8-17(2)15-20(23)5)26(28(30)32)29-24-16-18(3)7-9-19(24)4/h7-16,29H,6H2,1-5H3. The molecule has 162 valence electrons. The van der Waals surface area contributed by atoms with Crippen molar-refractivity contribution in [1.82, 2.24) is 0 Å². The lowest BCUT2D eigenvalue weighted by atomic mass is 9.97. The van der Waals surface area contributed by atoms with Gasteiger partial charge in [-0.1, -0.05) is 55.0 Å². The normalized spacial score (nSPS) is 13.8. The molecule has 0 saturated heterocycles. The molecule has 1 N–H and O–H groups in total. The van der Waals surface area contributed by atoms with E-state index in [4.69, 9.17) is 0 Å². The molecule has 0 spiro atoms. The molecule has 0 bridgehead atoms. The van der Waals surface area contributed by atoms with Gasteiger partial charge < -0.3 is 5.32 Å². The molecule has 1 aliphatic heterocycles. The lowest BCUT2D eigenvalue weighted by molar-refractivity contribution is -0.120. The average Bonchev–Trinajstić information content (AvgIpc) is 3.00. The van der Waals surface area contributed by atoms with E-state index in [2.05, 4.69) is 12.2 Å². The second kappa shape index (κ2) is 8.46. The van der Waals surface area contributed by atoms with Gasteiger partial charge in [0.1, 0.15) is 5.70 Å². The number of nitrogens with zero attached hydrogens (tertiary/aromatic N) is 1. The van der Waals surface area contributed by atoms with Gasteiger partial charge in [0.2, 0.25) is 0 Å². The zero-order chi connectivity index (χ0) is 23.0. The van der Waals surface area contributed by atoms with Crippen molar-refractivity contribution >= 4 is 28.8 Å². The van der Waals surface area contributed by atoms with Crippen LogP contribution in [0, 0.1) is 27.7 Å². The highest BCUT2D eigenvalue weighted by molar-refractivity contribution is 6.46. The molecule has 1 aliphatic rings. The fourth-order valence-electron chi connectivity index (χ4n) is 4.11. The van der Waals surface area contributed by atoms with Crippen LogP contribution < -0.4 is 10.2 Å². The van der Waals surface area contributed by atoms with Gasteiger partial charge in [0.05, 0.1) is 11.3 Å². The number of anilines is 2. The Labute approximate surface area is 189 Å². The Balaban J connectivity index is 1.86. The number of carbonyl (C=O) groups excluding carboxylic acids is 2. The molecule has 0 atom stereocenters. The van der Waals surface area contributed by atoms with Crippen LogP contribution in [0.25, 0.3) is 5.57 Å². The first-order chi connectivity index (χ1) is 15.3. The van der Waals surface area contributed by atoms with E-state index in [1.165, 1.54) is 4.90 Å². The minimum atomic E-state index is -0.338. The highest BCUT2D eigenvalue weighted by Gasteiger charge is 2.40. The van der Waals surface area contributed by atoms with Crippen molar-refractivity contribution in [3.8, 4) is 0 Å². The van der Waals surface area contributed by atoms with Gasteiger partial charge in [-0.05, 0) is 80.1 Å². The van der Waals surface area contributed by atoms with Gasteiger partial charge in [-0.15, -0.1) is 0 Å². The number of aryl methyl sites for hydroxylation is 5. The maximum Gasteiger partial charge on any atom is 0.282 e. The lowest BCUT2D eigenvalue weighted by Crippen LogP contribution is -2.32.